The Hall–Kier alpha value is -4.18. The highest BCUT2D eigenvalue weighted by Gasteiger charge is 2.48. The van der Waals surface area contributed by atoms with Crippen LogP contribution in [-0.2, 0) is 14.3 Å². The van der Waals surface area contributed by atoms with Crippen molar-refractivity contribution in [3.05, 3.63) is 75.8 Å². The first-order valence-corrected chi connectivity index (χ1v) is 14.9. The molecule has 0 aliphatic carbocycles. The zero-order valence-corrected chi connectivity index (χ0v) is 25.2. The highest BCUT2D eigenvalue weighted by atomic mass is 32.1. The van der Waals surface area contributed by atoms with Crippen molar-refractivity contribution < 1.29 is 33.7 Å². The maximum absolute atomic E-state index is 13.5. The number of rotatable bonds is 13. The number of thiazole rings is 1. The van der Waals surface area contributed by atoms with E-state index in [1.807, 2.05) is 0 Å². The van der Waals surface area contributed by atoms with Crippen molar-refractivity contribution in [3.8, 4) is 11.5 Å². The predicted molar refractivity (Wildman–Crippen MR) is 161 cm³/mol. The Bertz CT molecular complexity index is 1440. The summed E-state index contributed by atoms with van der Waals surface area (Å²) in [6, 6.07) is 12.8. The fourth-order valence-electron chi connectivity index (χ4n) is 4.60. The molecule has 0 spiro atoms. The molecule has 9 nitrogen and oxygen atoms in total. The van der Waals surface area contributed by atoms with Gasteiger partial charge in [0.2, 0.25) is 0 Å². The summed E-state index contributed by atoms with van der Waals surface area (Å²) in [5, 5.41) is 11.6. The monoisotopic (exact) mass is 592 g/mol. The van der Waals surface area contributed by atoms with Gasteiger partial charge < -0.3 is 19.3 Å². The number of unbranched alkanes of at least 4 members (excludes halogenated alkanes) is 3. The average molecular weight is 593 g/mol. The molecule has 1 atom stereocenters. The molecule has 2 aromatic carbocycles. The third-order valence-electron chi connectivity index (χ3n) is 6.91. The van der Waals surface area contributed by atoms with Crippen LogP contribution in [0.15, 0.2) is 54.1 Å². The van der Waals surface area contributed by atoms with E-state index in [0.29, 0.717) is 41.5 Å². The Kier molecular flexibility index (Phi) is 10.4. The molecule has 1 unspecified atom stereocenters. The number of aliphatic hydroxyl groups excluding tert-OH is 1. The van der Waals surface area contributed by atoms with Crippen molar-refractivity contribution >= 4 is 39.9 Å². The molecule has 1 fully saturated rings. The number of hydrogen-bond donors (Lipinski definition) is 1. The quantitative estimate of drug-likeness (QED) is 0.0775. The van der Waals surface area contributed by atoms with Crippen LogP contribution in [0, 0.1) is 6.92 Å². The minimum Gasteiger partial charge on any atom is -0.507 e. The van der Waals surface area contributed by atoms with E-state index in [0.717, 1.165) is 43.4 Å². The predicted octanol–water partition coefficient (Wildman–Crippen LogP) is 6.61. The van der Waals surface area contributed by atoms with Crippen LogP contribution >= 0.6 is 11.3 Å². The van der Waals surface area contributed by atoms with Crippen molar-refractivity contribution in [2.24, 2.45) is 0 Å². The number of esters is 1. The number of methoxy groups -OCH3 is 1. The summed E-state index contributed by atoms with van der Waals surface area (Å²) in [6.45, 7) is 6.99. The summed E-state index contributed by atoms with van der Waals surface area (Å²) in [7, 11) is 1.26. The lowest BCUT2D eigenvalue weighted by molar-refractivity contribution is -0.132. The zero-order chi connectivity index (χ0) is 30.2. The van der Waals surface area contributed by atoms with Gasteiger partial charge in [0.25, 0.3) is 5.78 Å². The van der Waals surface area contributed by atoms with Gasteiger partial charge in [-0.3, -0.25) is 14.5 Å². The number of aryl methyl sites for hydroxylation is 1. The van der Waals surface area contributed by atoms with Crippen LogP contribution in [0.4, 0.5) is 5.13 Å². The molecule has 222 valence electrons. The molecule has 2 heterocycles. The van der Waals surface area contributed by atoms with Crippen molar-refractivity contribution in [2.75, 3.05) is 25.2 Å². The van der Waals surface area contributed by atoms with E-state index >= 15 is 0 Å². The van der Waals surface area contributed by atoms with Crippen LogP contribution in [-0.4, -0.2) is 48.1 Å². The molecule has 0 radical (unpaired) electrons. The number of hydrogen-bond acceptors (Lipinski definition) is 9. The number of ketones is 1. The van der Waals surface area contributed by atoms with Gasteiger partial charge in [-0.25, -0.2) is 9.78 Å². The van der Waals surface area contributed by atoms with Crippen LogP contribution < -0.4 is 14.4 Å². The molecular weight excluding hydrogens is 556 g/mol. The van der Waals surface area contributed by atoms with Gasteiger partial charge in [0.05, 0.1) is 37.6 Å². The van der Waals surface area contributed by atoms with Crippen LogP contribution in [0.5, 0.6) is 11.5 Å². The van der Waals surface area contributed by atoms with Gasteiger partial charge in [-0.2, -0.15) is 0 Å². The van der Waals surface area contributed by atoms with Crippen LogP contribution in [0.2, 0.25) is 0 Å². The number of benzene rings is 2. The fourth-order valence-corrected chi connectivity index (χ4v) is 5.61. The summed E-state index contributed by atoms with van der Waals surface area (Å²) in [4.78, 5) is 45.2. The normalized spacial score (nSPS) is 16.1. The molecule has 0 bridgehead atoms. The lowest BCUT2D eigenvalue weighted by Gasteiger charge is -2.23. The summed E-state index contributed by atoms with van der Waals surface area (Å²) in [6.07, 6.45) is 5.02. The van der Waals surface area contributed by atoms with E-state index in [9.17, 15) is 19.5 Å². The lowest BCUT2D eigenvalue weighted by atomic mass is 9.95. The SMILES string of the molecule is CCCCCOc1ccc(C2C(=C(O)c3ccc(OCCCC)cc3)C(=O)C(=O)N2c2nc(C)c(C(=O)OC)s2)cc1. The number of anilines is 1. The standard InChI is InChI=1S/C32H36N2O7S/c1-5-7-9-19-41-23-14-10-21(11-15-23)26-25(27(35)22-12-16-24(17-13-22)40-18-8-6-2)28(36)30(37)34(26)32-33-20(3)29(42-32)31(38)39-4/h10-17,26,35H,5-9,18-19H2,1-4H3. The van der Waals surface area contributed by atoms with Gasteiger partial charge in [0.1, 0.15) is 22.1 Å². The number of Topliss-reactive ketones (excluding diaryl/α,β-unsaturated/α-hetero) is 1. The molecule has 4 rings (SSSR count). The average Bonchev–Trinajstić information content (AvgIpc) is 3.51. The van der Waals surface area contributed by atoms with Crippen LogP contribution in [0.1, 0.15) is 78.5 Å². The van der Waals surface area contributed by atoms with Gasteiger partial charge in [-0.05, 0) is 61.7 Å². The summed E-state index contributed by atoms with van der Waals surface area (Å²) in [5.41, 5.74) is 1.23. The smallest absolute Gasteiger partial charge is 0.350 e. The highest BCUT2D eigenvalue weighted by molar-refractivity contribution is 7.17. The molecule has 1 aromatic heterocycles. The molecule has 1 aliphatic heterocycles. The molecule has 1 aliphatic rings. The Labute approximate surface area is 249 Å². The second-order valence-corrected chi connectivity index (χ2v) is 10.9. The van der Waals surface area contributed by atoms with E-state index in [-0.39, 0.29) is 21.3 Å². The van der Waals surface area contributed by atoms with Crippen LogP contribution in [0.25, 0.3) is 5.76 Å². The van der Waals surface area contributed by atoms with Crippen LogP contribution in [0.3, 0.4) is 0 Å². The lowest BCUT2D eigenvalue weighted by Crippen LogP contribution is -2.29. The van der Waals surface area contributed by atoms with E-state index in [1.165, 1.54) is 12.0 Å². The second-order valence-electron chi connectivity index (χ2n) is 9.92. The Morgan fingerprint density at radius 2 is 1.52 bits per heavy atom. The molecule has 42 heavy (non-hydrogen) atoms. The number of aliphatic hydroxyl groups is 1. The molecule has 1 N–H and O–H groups in total. The van der Waals surface area contributed by atoms with E-state index in [4.69, 9.17) is 14.2 Å². The highest BCUT2D eigenvalue weighted by Crippen LogP contribution is 2.44. The first-order chi connectivity index (χ1) is 20.3. The summed E-state index contributed by atoms with van der Waals surface area (Å²) < 4.78 is 16.4. The van der Waals surface area contributed by atoms with Gasteiger partial charge in [-0.15, -0.1) is 0 Å². The van der Waals surface area contributed by atoms with Crippen molar-refractivity contribution in [3.63, 3.8) is 0 Å². The Balaban J connectivity index is 1.76. The minimum absolute atomic E-state index is 0.0799. The maximum atomic E-state index is 13.5. The first kappa shape index (κ1) is 30.8. The molecule has 1 amide bonds. The molecule has 10 heteroatoms. The third-order valence-corrected chi connectivity index (χ3v) is 8.05. The molecule has 0 saturated carbocycles. The molecule has 3 aromatic rings. The minimum atomic E-state index is -0.990. The van der Waals surface area contributed by atoms with E-state index < -0.39 is 23.7 Å². The number of ether oxygens (including phenoxy) is 3. The largest absolute Gasteiger partial charge is 0.507 e. The number of carbonyl (C=O) groups is 3. The van der Waals surface area contributed by atoms with Crippen molar-refractivity contribution in [1.82, 2.24) is 4.98 Å². The first-order valence-electron chi connectivity index (χ1n) is 14.1. The topological polar surface area (TPSA) is 115 Å². The number of nitrogens with zero attached hydrogens (tertiary/aromatic N) is 2. The third kappa shape index (κ3) is 6.65. The van der Waals surface area contributed by atoms with Crippen molar-refractivity contribution in [1.29, 1.82) is 0 Å². The summed E-state index contributed by atoms with van der Waals surface area (Å²) >= 11 is 0.955. The number of carbonyl (C=O) groups excluding carboxylic acids is 3. The Morgan fingerprint density at radius 1 is 0.929 bits per heavy atom. The molecule has 1 saturated heterocycles. The van der Waals surface area contributed by atoms with Crippen molar-refractivity contribution in [2.45, 2.75) is 58.9 Å². The van der Waals surface area contributed by atoms with Gasteiger partial charge >= 0.3 is 11.9 Å². The molecular formula is C32H36N2O7S. The fraction of sp³-hybridized carbons (Fsp3) is 0.375. The van der Waals surface area contributed by atoms with E-state index in [1.54, 1.807) is 55.5 Å². The number of aromatic nitrogens is 1. The van der Waals surface area contributed by atoms with Gasteiger partial charge in [-0.1, -0.05) is 56.6 Å². The van der Waals surface area contributed by atoms with Gasteiger partial charge in [0.15, 0.2) is 5.13 Å². The maximum Gasteiger partial charge on any atom is 0.350 e. The van der Waals surface area contributed by atoms with E-state index in [2.05, 4.69) is 18.8 Å². The Morgan fingerprint density at radius 3 is 2.12 bits per heavy atom. The number of amides is 1. The zero-order valence-electron chi connectivity index (χ0n) is 24.3. The summed E-state index contributed by atoms with van der Waals surface area (Å²) in [5.74, 6) is -1.32. The van der Waals surface area contributed by atoms with Gasteiger partial charge in [0, 0.05) is 5.56 Å². The second kappa shape index (κ2) is 14.1.